The predicted molar refractivity (Wildman–Crippen MR) is 121 cm³/mol. The highest BCUT2D eigenvalue weighted by atomic mass is 32.1. The average molecular weight is 442 g/mol. The van der Waals surface area contributed by atoms with E-state index in [9.17, 15) is 9.59 Å². The van der Waals surface area contributed by atoms with Crippen molar-refractivity contribution < 1.29 is 19.1 Å². The molecule has 2 heterocycles. The lowest BCUT2D eigenvalue weighted by Crippen LogP contribution is -2.46. The Kier molecular flexibility index (Phi) is 7.41. The molecule has 0 radical (unpaired) electrons. The molecule has 5 nitrogen and oxygen atoms in total. The second-order valence-electron chi connectivity index (χ2n) is 8.72. The van der Waals surface area contributed by atoms with Crippen molar-refractivity contribution in [1.29, 1.82) is 0 Å². The van der Waals surface area contributed by atoms with Gasteiger partial charge in [0.25, 0.3) is 0 Å². The lowest BCUT2D eigenvalue weighted by atomic mass is 9.83. The van der Waals surface area contributed by atoms with Crippen molar-refractivity contribution in [2.24, 2.45) is 11.8 Å². The standard InChI is InChI=1S/C25H31NO4S/c1-29-22-9-7-18(8-10-22)16-30-25(28)24(19-5-3-2-4-6-19)26-13-21(15-27)23(14-26)20-11-12-31-17-20/h7-12,15,17,19,21,23-24H,2-6,13-14,16H2,1H3/t21-,23-,24-/m1/s1. The van der Waals surface area contributed by atoms with Crippen LogP contribution in [0.15, 0.2) is 41.1 Å². The zero-order chi connectivity index (χ0) is 21.6. The molecule has 2 aliphatic rings. The van der Waals surface area contributed by atoms with Crippen LogP contribution in [0.5, 0.6) is 5.75 Å². The smallest absolute Gasteiger partial charge is 0.323 e. The van der Waals surface area contributed by atoms with E-state index in [4.69, 9.17) is 9.47 Å². The number of esters is 1. The van der Waals surface area contributed by atoms with Gasteiger partial charge in [0.1, 0.15) is 24.7 Å². The normalized spacial score (nSPS) is 23.4. The molecule has 166 valence electrons. The molecule has 1 aromatic heterocycles. The van der Waals surface area contributed by atoms with Gasteiger partial charge in [-0.1, -0.05) is 31.4 Å². The summed E-state index contributed by atoms with van der Waals surface area (Å²) in [6.07, 6.45) is 6.72. The van der Waals surface area contributed by atoms with E-state index in [0.717, 1.165) is 49.8 Å². The van der Waals surface area contributed by atoms with Crippen molar-refractivity contribution >= 4 is 23.6 Å². The number of hydrogen-bond acceptors (Lipinski definition) is 6. The van der Waals surface area contributed by atoms with Crippen LogP contribution in [0.4, 0.5) is 0 Å². The highest BCUT2D eigenvalue weighted by molar-refractivity contribution is 7.08. The van der Waals surface area contributed by atoms with Gasteiger partial charge in [0.05, 0.1) is 7.11 Å². The number of carbonyl (C=O) groups excluding carboxylic acids is 2. The Morgan fingerprint density at radius 3 is 2.58 bits per heavy atom. The zero-order valence-electron chi connectivity index (χ0n) is 18.1. The summed E-state index contributed by atoms with van der Waals surface area (Å²) in [7, 11) is 1.63. The van der Waals surface area contributed by atoms with Crippen molar-refractivity contribution in [3.63, 3.8) is 0 Å². The summed E-state index contributed by atoms with van der Waals surface area (Å²) in [4.78, 5) is 27.4. The second kappa shape index (κ2) is 10.4. The van der Waals surface area contributed by atoms with Gasteiger partial charge in [-0.15, -0.1) is 0 Å². The van der Waals surface area contributed by atoms with Gasteiger partial charge in [-0.05, 0) is 58.8 Å². The van der Waals surface area contributed by atoms with Crippen LogP contribution in [0.2, 0.25) is 0 Å². The van der Waals surface area contributed by atoms with Crippen LogP contribution < -0.4 is 4.74 Å². The molecule has 0 N–H and O–H groups in total. The molecule has 2 fully saturated rings. The molecule has 3 atom stereocenters. The maximum absolute atomic E-state index is 13.3. The molecular weight excluding hydrogens is 410 g/mol. The highest BCUT2D eigenvalue weighted by Crippen LogP contribution is 2.38. The first-order valence-electron chi connectivity index (χ1n) is 11.2. The Morgan fingerprint density at radius 1 is 1.16 bits per heavy atom. The van der Waals surface area contributed by atoms with Crippen molar-refractivity contribution in [3.8, 4) is 5.75 Å². The SMILES string of the molecule is COc1ccc(COC(=O)[C@@H](C2CCCCC2)N2C[C@H](c3ccsc3)[C@@H](C=O)C2)cc1. The molecule has 31 heavy (non-hydrogen) atoms. The summed E-state index contributed by atoms with van der Waals surface area (Å²) < 4.78 is 11.0. The van der Waals surface area contributed by atoms with Gasteiger partial charge in [0.15, 0.2) is 0 Å². The van der Waals surface area contributed by atoms with E-state index < -0.39 is 0 Å². The fourth-order valence-corrected chi connectivity index (χ4v) is 5.84. The van der Waals surface area contributed by atoms with Crippen molar-refractivity contribution in [3.05, 3.63) is 52.2 Å². The lowest BCUT2D eigenvalue weighted by Gasteiger charge is -2.35. The number of carbonyl (C=O) groups is 2. The monoisotopic (exact) mass is 441 g/mol. The first-order chi connectivity index (χ1) is 15.2. The van der Waals surface area contributed by atoms with E-state index in [1.807, 2.05) is 24.3 Å². The number of nitrogens with zero attached hydrogens (tertiary/aromatic N) is 1. The van der Waals surface area contributed by atoms with E-state index >= 15 is 0 Å². The summed E-state index contributed by atoms with van der Waals surface area (Å²) in [5, 5.41) is 4.18. The van der Waals surface area contributed by atoms with Gasteiger partial charge in [0.2, 0.25) is 0 Å². The van der Waals surface area contributed by atoms with Crippen LogP contribution in [0.3, 0.4) is 0 Å². The maximum atomic E-state index is 13.3. The number of hydrogen-bond donors (Lipinski definition) is 0. The van der Waals surface area contributed by atoms with E-state index in [0.29, 0.717) is 12.5 Å². The van der Waals surface area contributed by atoms with Crippen LogP contribution in [-0.4, -0.2) is 43.4 Å². The van der Waals surface area contributed by atoms with Crippen molar-refractivity contribution in [2.45, 2.75) is 50.7 Å². The number of methoxy groups -OCH3 is 1. The summed E-state index contributed by atoms with van der Waals surface area (Å²) in [5.74, 6) is 1.01. The molecule has 1 saturated heterocycles. The van der Waals surface area contributed by atoms with E-state index in [1.54, 1.807) is 18.4 Å². The molecular formula is C25H31NO4S. The third kappa shape index (κ3) is 5.18. The minimum absolute atomic E-state index is 0.0740. The minimum atomic E-state index is -0.273. The van der Waals surface area contributed by atoms with E-state index in [2.05, 4.69) is 21.7 Å². The summed E-state index contributed by atoms with van der Waals surface area (Å²) >= 11 is 1.66. The number of rotatable bonds is 8. The highest BCUT2D eigenvalue weighted by Gasteiger charge is 2.43. The summed E-state index contributed by atoms with van der Waals surface area (Å²) in [6.45, 7) is 1.62. The quantitative estimate of drug-likeness (QED) is 0.440. The molecule has 1 saturated carbocycles. The molecule has 1 aromatic carbocycles. The summed E-state index contributed by atoms with van der Waals surface area (Å²) in [5.41, 5.74) is 2.15. The number of aldehydes is 1. The number of ether oxygens (including phenoxy) is 2. The van der Waals surface area contributed by atoms with Crippen LogP contribution in [0.1, 0.15) is 49.1 Å². The molecule has 4 rings (SSSR count). The Balaban J connectivity index is 1.48. The average Bonchev–Trinajstić information content (AvgIpc) is 3.49. The van der Waals surface area contributed by atoms with Gasteiger partial charge in [0, 0.05) is 24.9 Å². The number of benzene rings is 1. The van der Waals surface area contributed by atoms with Crippen LogP contribution in [-0.2, 0) is 20.9 Å². The van der Waals surface area contributed by atoms with Crippen LogP contribution in [0, 0.1) is 11.8 Å². The van der Waals surface area contributed by atoms with Crippen molar-refractivity contribution in [2.75, 3.05) is 20.2 Å². The molecule has 6 heteroatoms. The first kappa shape index (κ1) is 22.0. The molecule has 2 aromatic rings. The molecule has 0 amide bonds. The minimum Gasteiger partial charge on any atom is -0.497 e. The zero-order valence-corrected chi connectivity index (χ0v) is 18.9. The summed E-state index contributed by atoms with van der Waals surface area (Å²) in [6, 6.07) is 9.43. The van der Waals surface area contributed by atoms with E-state index in [-0.39, 0.29) is 30.5 Å². The first-order valence-corrected chi connectivity index (χ1v) is 12.1. The molecule has 0 spiro atoms. The van der Waals surface area contributed by atoms with Gasteiger partial charge < -0.3 is 14.3 Å². The Morgan fingerprint density at radius 2 is 1.94 bits per heavy atom. The number of likely N-dealkylation sites (tertiary alicyclic amines) is 1. The molecule has 1 aliphatic carbocycles. The third-order valence-electron chi connectivity index (χ3n) is 6.81. The second-order valence-corrected chi connectivity index (χ2v) is 9.50. The Bertz CT molecular complexity index is 845. The van der Waals surface area contributed by atoms with Gasteiger partial charge in [-0.2, -0.15) is 11.3 Å². The van der Waals surface area contributed by atoms with Gasteiger partial charge in [-0.3, -0.25) is 9.69 Å². The largest absolute Gasteiger partial charge is 0.497 e. The lowest BCUT2D eigenvalue weighted by molar-refractivity contribution is -0.154. The Labute approximate surface area is 188 Å². The fourth-order valence-electron chi connectivity index (χ4n) is 5.12. The van der Waals surface area contributed by atoms with Crippen LogP contribution >= 0.6 is 11.3 Å². The third-order valence-corrected chi connectivity index (χ3v) is 7.51. The van der Waals surface area contributed by atoms with Gasteiger partial charge >= 0.3 is 5.97 Å². The predicted octanol–water partition coefficient (Wildman–Crippen LogP) is 4.66. The molecule has 0 bridgehead atoms. The fraction of sp³-hybridized carbons (Fsp3) is 0.520. The maximum Gasteiger partial charge on any atom is 0.323 e. The van der Waals surface area contributed by atoms with Gasteiger partial charge in [-0.25, -0.2) is 0 Å². The van der Waals surface area contributed by atoms with E-state index in [1.165, 1.54) is 12.0 Å². The molecule has 1 aliphatic heterocycles. The molecule has 0 unspecified atom stereocenters. The Hall–Kier alpha value is -2.18. The topological polar surface area (TPSA) is 55.8 Å². The van der Waals surface area contributed by atoms with Crippen molar-refractivity contribution in [1.82, 2.24) is 4.90 Å². The number of thiophene rings is 1. The van der Waals surface area contributed by atoms with Crippen LogP contribution in [0.25, 0.3) is 0 Å².